The Labute approximate surface area is 73.3 Å². The second-order valence-electron chi connectivity index (χ2n) is 2.59. The lowest BCUT2D eigenvalue weighted by molar-refractivity contribution is 0.630. The molecule has 12 heavy (non-hydrogen) atoms. The molecule has 1 heterocycles. The van der Waals surface area contributed by atoms with Gasteiger partial charge in [0.25, 0.3) is 0 Å². The minimum Gasteiger partial charge on any atom is -0.278 e. The van der Waals surface area contributed by atoms with Gasteiger partial charge in [0.2, 0.25) is 0 Å². The predicted octanol–water partition coefficient (Wildman–Crippen LogP) is 2.66. The zero-order valence-corrected chi connectivity index (χ0v) is 7.11. The maximum absolute atomic E-state index is 12.9. The number of nitrogens with zero attached hydrogens (tertiary/aromatic N) is 1. The molecule has 0 aliphatic heterocycles. The average molecular weight is 185 g/mol. The van der Waals surface area contributed by atoms with Gasteiger partial charge >= 0.3 is 0 Å². The number of benzene rings is 1. The van der Waals surface area contributed by atoms with Crippen LogP contribution >= 0.6 is 11.6 Å². The van der Waals surface area contributed by atoms with E-state index in [1.54, 1.807) is 13.0 Å². The highest BCUT2D eigenvalue weighted by Crippen LogP contribution is 2.26. The summed E-state index contributed by atoms with van der Waals surface area (Å²) in [4.78, 5) is 0. The SMILES string of the molecule is Cc1n[nH]c2ccc(F)c(Cl)c12. The normalized spacial score (nSPS) is 10.9. The Morgan fingerprint density at radius 1 is 1.50 bits per heavy atom. The van der Waals surface area contributed by atoms with Gasteiger partial charge in [-0.2, -0.15) is 5.10 Å². The monoisotopic (exact) mass is 184 g/mol. The molecule has 0 bridgehead atoms. The van der Waals surface area contributed by atoms with Crippen LogP contribution in [0.5, 0.6) is 0 Å². The molecule has 2 aromatic rings. The van der Waals surface area contributed by atoms with Crippen LogP contribution in [0, 0.1) is 12.7 Å². The van der Waals surface area contributed by atoms with Gasteiger partial charge in [0.1, 0.15) is 5.82 Å². The molecule has 1 N–H and O–H groups in total. The summed E-state index contributed by atoms with van der Waals surface area (Å²) in [7, 11) is 0. The molecule has 1 aromatic carbocycles. The first-order valence-corrected chi connectivity index (χ1v) is 3.86. The third-order valence-corrected chi connectivity index (χ3v) is 2.17. The molecule has 0 atom stereocenters. The third-order valence-electron chi connectivity index (χ3n) is 1.80. The van der Waals surface area contributed by atoms with E-state index in [1.807, 2.05) is 0 Å². The van der Waals surface area contributed by atoms with Gasteiger partial charge in [0, 0.05) is 5.39 Å². The molecule has 0 aliphatic rings. The van der Waals surface area contributed by atoms with Crippen LogP contribution in [-0.2, 0) is 0 Å². The van der Waals surface area contributed by atoms with E-state index in [4.69, 9.17) is 11.6 Å². The summed E-state index contributed by atoms with van der Waals surface area (Å²) in [6.07, 6.45) is 0. The lowest BCUT2D eigenvalue weighted by atomic mass is 10.2. The Kier molecular flexibility index (Phi) is 1.54. The molecule has 1 aromatic heterocycles. The van der Waals surface area contributed by atoms with E-state index >= 15 is 0 Å². The summed E-state index contributed by atoms with van der Waals surface area (Å²) < 4.78 is 12.9. The molecule has 0 saturated carbocycles. The van der Waals surface area contributed by atoms with Crippen molar-refractivity contribution >= 4 is 22.5 Å². The van der Waals surface area contributed by atoms with E-state index in [-0.39, 0.29) is 5.02 Å². The van der Waals surface area contributed by atoms with Crippen LogP contribution in [0.4, 0.5) is 4.39 Å². The lowest BCUT2D eigenvalue weighted by Crippen LogP contribution is -1.78. The first kappa shape index (κ1) is 7.55. The van der Waals surface area contributed by atoms with Crippen LogP contribution < -0.4 is 0 Å². The molecule has 0 radical (unpaired) electrons. The van der Waals surface area contributed by atoms with Crippen molar-refractivity contribution < 1.29 is 4.39 Å². The average Bonchev–Trinajstić information content (AvgIpc) is 2.41. The summed E-state index contributed by atoms with van der Waals surface area (Å²) in [5.41, 5.74) is 1.48. The van der Waals surface area contributed by atoms with E-state index in [9.17, 15) is 4.39 Å². The van der Waals surface area contributed by atoms with Gasteiger partial charge in [-0.05, 0) is 19.1 Å². The topological polar surface area (TPSA) is 28.7 Å². The molecule has 0 amide bonds. The summed E-state index contributed by atoms with van der Waals surface area (Å²) in [5.74, 6) is -0.409. The number of aryl methyl sites for hydroxylation is 1. The van der Waals surface area contributed by atoms with E-state index in [0.717, 1.165) is 11.2 Å². The summed E-state index contributed by atoms with van der Waals surface area (Å²) >= 11 is 5.74. The van der Waals surface area contributed by atoms with Crippen LogP contribution in [0.1, 0.15) is 5.69 Å². The van der Waals surface area contributed by atoms with Crippen molar-refractivity contribution in [2.24, 2.45) is 0 Å². The first-order valence-electron chi connectivity index (χ1n) is 3.49. The van der Waals surface area contributed by atoms with Crippen molar-refractivity contribution in [1.82, 2.24) is 10.2 Å². The second kappa shape index (κ2) is 2.45. The largest absolute Gasteiger partial charge is 0.278 e. The second-order valence-corrected chi connectivity index (χ2v) is 2.97. The van der Waals surface area contributed by atoms with Crippen LogP contribution in [0.25, 0.3) is 10.9 Å². The van der Waals surface area contributed by atoms with Crippen molar-refractivity contribution in [3.05, 3.63) is 28.7 Å². The number of aromatic amines is 1. The molecule has 2 rings (SSSR count). The van der Waals surface area contributed by atoms with Gasteiger partial charge in [-0.1, -0.05) is 11.6 Å². The number of hydrogen-bond acceptors (Lipinski definition) is 1. The highest BCUT2D eigenvalue weighted by atomic mass is 35.5. The number of halogens is 2. The van der Waals surface area contributed by atoms with Crippen molar-refractivity contribution in [2.75, 3.05) is 0 Å². The molecule has 4 heteroatoms. The van der Waals surface area contributed by atoms with Crippen molar-refractivity contribution in [3.8, 4) is 0 Å². The Morgan fingerprint density at radius 3 is 3.00 bits per heavy atom. The molecule has 0 fully saturated rings. The molecule has 0 aliphatic carbocycles. The maximum atomic E-state index is 12.9. The Morgan fingerprint density at radius 2 is 2.25 bits per heavy atom. The smallest absolute Gasteiger partial charge is 0.142 e. The molecule has 0 saturated heterocycles. The fourth-order valence-electron chi connectivity index (χ4n) is 1.20. The fourth-order valence-corrected chi connectivity index (χ4v) is 1.50. The number of hydrogen-bond donors (Lipinski definition) is 1. The van der Waals surface area contributed by atoms with Gasteiger partial charge in [-0.25, -0.2) is 4.39 Å². The first-order chi connectivity index (χ1) is 5.70. The molecular formula is C8H6ClFN2. The molecular weight excluding hydrogens is 179 g/mol. The van der Waals surface area contributed by atoms with Gasteiger partial charge in [0.05, 0.1) is 16.2 Å². The zero-order valence-electron chi connectivity index (χ0n) is 6.36. The van der Waals surface area contributed by atoms with Crippen molar-refractivity contribution in [1.29, 1.82) is 0 Å². The summed E-state index contributed by atoms with van der Waals surface area (Å²) in [6, 6.07) is 2.94. The van der Waals surface area contributed by atoms with Crippen LogP contribution in [-0.4, -0.2) is 10.2 Å². The van der Waals surface area contributed by atoms with E-state index in [1.165, 1.54) is 6.07 Å². The Bertz CT molecular complexity index is 436. The highest BCUT2D eigenvalue weighted by Gasteiger charge is 2.09. The van der Waals surface area contributed by atoms with Gasteiger partial charge < -0.3 is 0 Å². The van der Waals surface area contributed by atoms with Crippen LogP contribution in [0.15, 0.2) is 12.1 Å². The van der Waals surface area contributed by atoms with Crippen molar-refractivity contribution in [3.63, 3.8) is 0 Å². The summed E-state index contributed by atoms with van der Waals surface area (Å²) in [6.45, 7) is 1.78. The quantitative estimate of drug-likeness (QED) is 0.670. The van der Waals surface area contributed by atoms with Crippen molar-refractivity contribution in [2.45, 2.75) is 6.92 Å². The Hall–Kier alpha value is -1.09. The minimum absolute atomic E-state index is 0.138. The van der Waals surface area contributed by atoms with Crippen LogP contribution in [0.2, 0.25) is 5.02 Å². The lowest BCUT2D eigenvalue weighted by Gasteiger charge is -1.95. The number of nitrogens with one attached hydrogen (secondary N) is 1. The van der Waals surface area contributed by atoms with Gasteiger partial charge in [-0.15, -0.1) is 0 Å². The zero-order chi connectivity index (χ0) is 8.72. The molecule has 0 spiro atoms. The van der Waals surface area contributed by atoms with Gasteiger partial charge in [0.15, 0.2) is 0 Å². The number of rotatable bonds is 0. The predicted molar refractivity (Wildman–Crippen MR) is 45.8 cm³/mol. The minimum atomic E-state index is -0.409. The summed E-state index contributed by atoms with van der Waals surface area (Å²) in [5, 5.41) is 7.48. The number of aromatic nitrogens is 2. The van der Waals surface area contributed by atoms with E-state index < -0.39 is 5.82 Å². The standard InChI is InChI=1S/C8H6ClFN2/c1-4-7-6(12-11-4)3-2-5(10)8(7)9/h2-3H,1H3,(H,11,12). The molecule has 0 unspecified atom stereocenters. The highest BCUT2D eigenvalue weighted by molar-refractivity contribution is 6.35. The third kappa shape index (κ3) is 0.898. The Balaban J connectivity index is 2.96. The fraction of sp³-hybridized carbons (Fsp3) is 0.125. The van der Waals surface area contributed by atoms with Crippen LogP contribution in [0.3, 0.4) is 0 Å². The molecule has 62 valence electrons. The maximum Gasteiger partial charge on any atom is 0.142 e. The van der Waals surface area contributed by atoms with E-state index in [0.29, 0.717) is 5.39 Å². The number of H-pyrrole nitrogens is 1. The van der Waals surface area contributed by atoms with Gasteiger partial charge in [-0.3, -0.25) is 5.10 Å². The van der Waals surface area contributed by atoms with E-state index in [2.05, 4.69) is 10.2 Å². The number of fused-ring (bicyclic) bond motifs is 1. The molecule has 2 nitrogen and oxygen atoms in total.